The molecule has 1 saturated heterocycles. The van der Waals surface area contributed by atoms with Crippen LogP contribution in [0.4, 0.5) is 5.69 Å². The van der Waals surface area contributed by atoms with Crippen LogP contribution in [0, 0.1) is 0 Å². The van der Waals surface area contributed by atoms with E-state index in [-0.39, 0.29) is 11.9 Å². The van der Waals surface area contributed by atoms with Crippen molar-refractivity contribution >= 4 is 27.5 Å². The van der Waals surface area contributed by atoms with Crippen LogP contribution >= 0.6 is 15.9 Å². The Labute approximate surface area is 169 Å². The zero-order valence-corrected chi connectivity index (χ0v) is 17.3. The number of halogens is 1. The van der Waals surface area contributed by atoms with Crippen LogP contribution in [-0.2, 0) is 6.42 Å². The van der Waals surface area contributed by atoms with Crippen LogP contribution < -0.4 is 10.2 Å². The highest BCUT2D eigenvalue weighted by atomic mass is 79.9. The summed E-state index contributed by atoms with van der Waals surface area (Å²) in [4.78, 5) is 17.4. The second-order valence-corrected chi connectivity index (χ2v) is 8.45. The average molecular weight is 428 g/mol. The highest BCUT2D eigenvalue weighted by molar-refractivity contribution is 9.10. The molecule has 0 spiro atoms. The summed E-state index contributed by atoms with van der Waals surface area (Å²) in [6.07, 6.45) is 3.59. The summed E-state index contributed by atoms with van der Waals surface area (Å²) in [5, 5.41) is 3.16. The van der Waals surface area contributed by atoms with Gasteiger partial charge >= 0.3 is 0 Å². The first-order valence-electron chi connectivity index (χ1n) is 9.73. The Bertz CT molecular complexity index is 815. The Balaban J connectivity index is 1.51. The number of likely N-dealkylation sites (N-methyl/N-ethyl adjacent to an activating group) is 1. The molecular formula is C22H26BrN3O. The molecule has 142 valence electrons. The monoisotopic (exact) mass is 427 g/mol. The van der Waals surface area contributed by atoms with Crippen molar-refractivity contribution in [1.82, 2.24) is 10.2 Å². The Morgan fingerprint density at radius 2 is 1.85 bits per heavy atom. The van der Waals surface area contributed by atoms with Gasteiger partial charge in [-0.25, -0.2) is 0 Å². The predicted octanol–water partition coefficient (Wildman–Crippen LogP) is 4.01. The number of carbonyl (C=O) groups is 1. The van der Waals surface area contributed by atoms with Crippen LogP contribution in [0.2, 0.25) is 0 Å². The van der Waals surface area contributed by atoms with E-state index in [1.807, 2.05) is 24.3 Å². The lowest BCUT2D eigenvalue weighted by Gasteiger charge is -2.29. The summed E-state index contributed by atoms with van der Waals surface area (Å²) in [5.41, 5.74) is 4.80. The second-order valence-electron chi connectivity index (χ2n) is 7.54. The van der Waals surface area contributed by atoms with E-state index < -0.39 is 0 Å². The van der Waals surface area contributed by atoms with Crippen LogP contribution in [0.1, 0.15) is 40.4 Å². The van der Waals surface area contributed by atoms with E-state index in [0.717, 1.165) is 30.5 Å². The van der Waals surface area contributed by atoms with E-state index >= 15 is 0 Å². The largest absolute Gasteiger partial charge is 0.374 e. The molecule has 2 aliphatic heterocycles. The lowest BCUT2D eigenvalue weighted by atomic mass is 10.0. The third kappa shape index (κ3) is 4.04. The molecule has 2 aromatic carbocycles. The summed E-state index contributed by atoms with van der Waals surface area (Å²) >= 11 is 3.42. The number of amides is 1. The van der Waals surface area contributed by atoms with Gasteiger partial charge in [-0.05, 0) is 73.8 Å². The molecule has 1 amide bonds. The normalized spacial score (nSPS) is 17.8. The number of fused-ring (bicyclic) bond motifs is 1. The topological polar surface area (TPSA) is 35.6 Å². The molecule has 2 heterocycles. The van der Waals surface area contributed by atoms with Crippen LogP contribution in [0.3, 0.4) is 0 Å². The molecule has 0 unspecified atom stereocenters. The van der Waals surface area contributed by atoms with Gasteiger partial charge in [0.15, 0.2) is 0 Å². The van der Waals surface area contributed by atoms with Gasteiger partial charge < -0.3 is 10.2 Å². The van der Waals surface area contributed by atoms with Crippen molar-refractivity contribution < 1.29 is 4.79 Å². The molecule has 2 aliphatic rings. The molecule has 27 heavy (non-hydrogen) atoms. The molecule has 2 aromatic rings. The van der Waals surface area contributed by atoms with Gasteiger partial charge in [0.2, 0.25) is 0 Å². The summed E-state index contributed by atoms with van der Waals surface area (Å²) in [7, 11) is 2.15. The van der Waals surface area contributed by atoms with Gasteiger partial charge in [-0.15, -0.1) is 0 Å². The number of carbonyl (C=O) groups excluding carboxylic acids is 1. The highest BCUT2D eigenvalue weighted by Crippen LogP contribution is 2.32. The van der Waals surface area contributed by atoms with Crippen molar-refractivity contribution in [2.24, 2.45) is 0 Å². The number of hydrogen-bond acceptors (Lipinski definition) is 3. The van der Waals surface area contributed by atoms with Crippen molar-refractivity contribution in [3.8, 4) is 0 Å². The SMILES string of the molecule is CN1CCc2cc([C@H](CNC(=O)c3ccc(Br)cc3)N3CCCC3)ccc21. The molecule has 0 bridgehead atoms. The second kappa shape index (κ2) is 8.03. The maximum Gasteiger partial charge on any atom is 0.251 e. The minimum absolute atomic E-state index is 0.00686. The number of hydrogen-bond donors (Lipinski definition) is 1. The molecule has 1 fully saturated rings. The predicted molar refractivity (Wildman–Crippen MR) is 113 cm³/mol. The van der Waals surface area contributed by atoms with Gasteiger partial charge in [-0.1, -0.05) is 28.1 Å². The van der Waals surface area contributed by atoms with E-state index in [2.05, 4.69) is 56.3 Å². The van der Waals surface area contributed by atoms with Gasteiger partial charge in [0.05, 0.1) is 6.04 Å². The first kappa shape index (κ1) is 18.5. The Kier molecular flexibility index (Phi) is 5.50. The highest BCUT2D eigenvalue weighted by Gasteiger charge is 2.26. The number of likely N-dealkylation sites (tertiary alicyclic amines) is 1. The number of rotatable bonds is 5. The zero-order valence-electron chi connectivity index (χ0n) is 15.7. The van der Waals surface area contributed by atoms with Gasteiger partial charge in [0, 0.05) is 35.9 Å². The van der Waals surface area contributed by atoms with Crippen LogP contribution in [0.15, 0.2) is 46.9 Å². The molecule has 5 heteroatoms. The van der Waals surface area contributed by atoms with E-state index in [9.17, 15) is 4.79 Å². The van der Waals surface area contributed by atoms with E-state index in [4.69, 9.17) is 0 Å². The Morgan fingerprint density at radius 3 is 2.59 bits per heavy atom. The first-order chi connectivity index (χ1) is 13.1. The smallest absolute Gasteiger partial charge is 0.251 e. The molecule has 1 N–H and O–H groups in total. The quantitative estimate of drug-likeness (QED) is 0.782. The standard InChI is InChI=1S/C22H26BrN3O/c1-25-13-10-18-14-17(6-9-20(18)25)21(26-11-2-3-12-26)15-24-22(27)16-4-7-19(23)8-5-16/h4-9,14,21H,2-3,10-13,15H2,1H3,(H,24,27)/t21-/m0/s1. The maximum atomic E-state index is 12.6. The zero-order chi connectivity index (χ0) is 18.8. The average Bonchev–Trinajstić information content (AvgIpc) is 3.33. The minimum Gasteiger partial charge on any atom is -0.374 e. The van der Waals surface area contributed by atoms with Gasteiger partial charge in [0.25, 0.3) is 5.91 Å². The number of benzene rings is 2. The van der Waals surface area contributed by atoms with Crippen LogP contribution in [0.5, 0.6) is 0 Å². The fraction of sp³-hybridized carbons (Fsp3) is 0.409. The lowest BCUT2D eigenvalue weighted by Crippen LogP contribution is -2.36. The van der Waals surface area contributed by atoms with E-state index in [1.54, 1.807) is 0 Å². The van der Waals surface area contributed by atoms with E-state index in [0.29, 0.717) is 12.1 Å². The molecule has 0 aromatic heterocycles. The summed E-state index contributed by atoms with van der Waals surface area (Å²) in [5.74, 6) is -0.00686. The molecule has 4 nitrogen and oxygen atoms in total. The van der Waals surface area contributed by atoms with Gasteiger partial charge in [-0.3, -0.25) is 9.69 Å². The van der Waals surface area contributed by atoms with Crippen molar-refractivity contribution in [2.45, 2.75) is 25.3 Å². The van der Waals surface area contributed by atoms with Crippen molar-refractivity contribution in [3.05, 3.63) is 63.6 Å². The van der Waals surface area contributed by atoms with Crippen molar-refractivity contribution in [2.75, 3.05) is 38.1 Å². The number of nitrogens with zero attached hydrogens (tertiary/aromatic N) is 2. The van der Waals surface area contributed by atoms with E-state index in [1.165, 1.54) is 29.7 Å². The van der Waals surface area contributed by atoms with Crippen LogP contribution in [0.25, 0.3) is 0 Å². The molecular weight excluding hydrogens is 402 g/mol. The first-order valence-corrected chi connectivity index (χ1v) is 10.5. The number of anilines is 1. The molecule has 0 saturated carbocycles. The number of nitrogens with one attached hydrogen (secondary N) is 1. The third-order valence-corrected chi connectivity index (χ3v) is 6.29. The lowest BCUT2D eigenvalue weighted by molar-refractivity contribution is 0.0938. The van der Waals surface area contributed by atoms with Crippen molar-refractivity contribution in [1.29, 1.82) is 0 Å². The van der Waals surface area contributed by atoms with Gasteiger partial charge in [-0.2, -0.15) is 0 Å². The molecule has 1 atom stereocenters. The summed E-state index contributed by atoms with van der Waals surface area (Å²) < 4.78 is 0.983. The van der Waals surface area contributed by atoms with Crippen molar-refractivity contribution in [3.63, 3.8) is 0 Å². The third-order valence-electron chi connectivity index (χ3n) is 5.76. The molecule has 4 rings (SSSR count). The summed E-state index contributed by atoms with van der Waals surface area (Å²) in [6.45, 7) is 3.95. The fourth-order valence-corrected chi connectivity index (χ4v) is 4.46. The molecule has 0 radical (unpaired) electrons. The Morgan fingerprint density at radius 1 is 1.11 bits per heavy atom. The Hall–Kier alpha value is -1.85. The van der Waals surface area contributed by atoms with Crippen LogP contribution in [-0.4, -0.2) is 44.0 Å². The maximum absolute atomic E-state index is 12.6. The molecule has 0 aliphatic carbocycles. The minimum atomic E-state index is -0.00686. The fourth-order valence-electron chi connectivity index (χ4n) is 4.20. The van der Waals surface area contributed by atoms with Gasteiger partial charge in [0.1, 0.15) is 0 Å². The summed E-state index contributed by atoms with van der Waals surface area (Å²) in [6, 6.07) is 14.6.